The zero-order chi connectivity index (χ0) is 9.78. The largest absolute Gasteiger partial charge is 0.538 e. The monoisotopic (exact) mass is 171 g/mol. The molecule has 3 nitrogen and oxygen atoms in total. The SMILES string of the molecule is C/C=C(\OB(O)CN)C(C)(C)C. The third-order valence-electron chi connectivity index (χ3n) is 1.47. The summed E-state index contributed by atoms with van der Waals surface area (Å²) >= 11 is 0. The van der Waals surface area contributed by atoms with Gasteiger partial charge in [0.2, 0.25) is 0 Å². The van der Waals surface area contributed by atoms with E-state index in [0.29, 0.717) is 0 Å². The summed E-state index contributed by atoms with van der Waals surface area (Å²) in [7, 11) is -0.893. The van der Waals surface area contributed by atoms with Crippen LogP contribution in [-0.4, -0.2) is 18.6 Å². The number of hydrogen-bond donors (Lipinski definition) is 2. The first-order valence-corrected chi connectivity index (χ1v) is 4.13. The summed E-state index contributed by atoms with van der Waals surface area (Å²) in [5.41, 5.74) is 5.14. The molecule has 0 amide bonds. The second kappa shape index (κ2) is 4.53. The Morgan fingerprint density at radius 2 is 2.08 bits per heavy atom. The zero-order valence-electron chi connectivity index (χ0n) is 8.29. The minimum absolute atomic E-state index is 0.0785. The molecule has 0 aromatic heterocycles. The Morgan fingerprint density at radius 1 is 1.58 bits per heavy atom. The molecule has 70 valence electrons. The van der Waals surface area contributed by atoms with Crippen molar-refractivity contribution in [3.8, 4) is 0 Å². The highest BCUT2D eigenvalue weighted by Gasteiger charge is 2.22. The molecule has 0 aromatic rings. The molecule has 0 radical (unpaired) electrons. The molecule has 3 N–H and O–H groups in total. The lowest BCUT2D eigenvalue weighted by atomic mass is 9.87. The van der Waals surface area contributed by atoms with Crippen LogP contribution >= 0.6 is 0 Å². The molecular formula is C8H18BNO2. The Kier molecular flexibility index (Phi) is 4.35. The van der Waals surface area contributed by atoms with Gasteiger partial charge in [-0.15, -0.1) is 0 Å². The van der Waals surface area contributed by atoms with Crippen LogP contribution in [-0.2, 0) is 4.65 Å². The van der Waals surface area contributed by atoms with Crippen LogP contribution in [0.25, 0.3) is 0 Å². The van der Waals surface area contributed by atoms with E-state index in [0.717, 1.165) is 5.76 Å². The minimum atomic E-state index is -0.893. The summed E-state index contributed by atoms with van der Waals surface area (Å²) in [5.74, 6) is 0.764. The molecule has 4 heteroatoms. The van der Waals surface area contributed by atoms with Crippen LogP contribution in [0.2, 0.25) is 0 Å². The van der Waals surface area contributed by atoms with Crippen molar-refractivity contribution in [2.45, 2.75) is 27.7 Å². The Morgan fingerprint density at radius 3 is 2.33 bits per heavy atom. The van der Waals surface area contributed by atoms with Crippen LogP contribution in [0, 0.1) is 5.41 Å². The second-order valence-corrected chi connectivity index (χ2v) is 3.71. The molecule has 12 heavy (non-hydrogen) atoms. The highest BCUT2D eigenvalue weighted by molar-refractivity contribution is 6.43. The smallest absolute Gasteiger partial charge is 0.536 e. The van der Waals surface area contributed by atoms with E-state index in [1.165, 1.54) is 0 Å². The van der Waals surface area contributed by atoms with Gasteiger partial charge in [0.15, 0.2) is 0 Å². The maximum Gasteiger partial charge on any atom is 0.536 e. The van der Waals surface area contributed by atoms with E-state index >= 15 is 0 Å². The van der Waals surface area contributed by atoms with Gasteiger partial charge in [-0.3, -0.25) is 0 Å². The Labute approximate surface area is 74.7 Å². The predicted molar refractivity (Wildman–Crippen MR) is 51.3 cm³/mol. The third kappa shape index (κ3) is 3.78. The van der Waals surface area contributed by atoms with Crippen LogP contribution < -0.4 is 5.73 Å². The number of rotatable bonds is 3. The molecule has 0 aliphatic heterocycles. The maximum atomic E-state index is 9.13. The van der Waals surface area contributed by atoms with Gasteiger partial charge in [-0.2, -0.15) is 0 Å². The van der Waals surface area contributed by atoms with Crippen LogP contribution in [0.4, 0.5) is 0 Å². The number of hydrogen-bond acceptors (Lipinski definition) is 3. The van der Waals surface area contributed by atoms with E-state index in [2.05, 4.69) is 0 Å². The standard InChI is InChI=1S/C8H18BNO2/c1-5-7(8(2,3)4)12-9(11)6-10/h5,11H,6,10H2,1-4H3/b7-5-. The van der Waals surface area contributed by atoms with Gasteiger partial charge < -0.3 is 15.4 Å². The van der Waals surface area contributed by atoms with Gasteiger partial charge in [-0.1, -0.05) is 26.8 Å². The molecular weight excluding hydrogens is 153 g/mol. The van der Waals surface area contributed by atoms with Crippen molar-refractivity contribution in [2.75, 3.05) is 6.44 Å². The van der Waals surface area contributed by atoms with E-state index in [9.17, 15) is 0 Å². The van der Waals surface area contributed by atoms with Gasteiger partial charge in [0.25, 0.3) is 0 Å². The molecule has 0 heterocycles. The van der Waals surface area contributed by atoms with Gasteiger partial charge >= 0.3 is 7.12 Å². The Balaban J connectivity index is 4.22. The van der Waals surface area contributed by atoms with Gasteiger partial charge in [0.1, 0.15) is 0 Å². The van der Waals surface area contributed by atoms with E-state index in [-0.39, 0.29) is 11.9 Å². The van der Waals surface area contributed by atoms with Crippen LogP contribution in [0.5, 0.6) is 0 Å². The molecule has 0 unspecified atom stereocenters. The van der Waals surface area contributed by atoms with Crippen molar-refractivity contribution < 1.29 is 9.68 Å². The summed E-state index contributed by atoms with van der Waals surface area (Å²) in [6.45, 7) is 7.94. The van der Waals surface area contributed by atoms with E-state index in [4.69, 9.17) is 15.4 Å². The highest BCUT2D eigenvalue weighted by atomic mass is 16.5. The minimum Gasteiger partial charge on any atom is -0.538 e. The Bertz CT molecular complexity index is 163. The highest BCUT2D eigenvalue weighted by Crippen LogP contribution is 2.25. The summed E-state index contributed by atoms with van der Waals surface area (Å²) in [6.07, 6.45) is 1.96. The molecule has 0 spiro atoms. The molecule has 0 fully saturated rings. The maximum absolute atomic E-state index is 9.13. The van der Waals surface area contributed by atoms with Crippen LogP contribution in [0.15, 0.2) is 11.8 Å². The van der Waals surface area contributed by atoms with E-state index in [1.54, 1.807) is 0 Å². The summed E-state index contributed by atoms with van der Waals surface area (Å²) < 4.78 is 5.20. The fourth-order valence-electron chi connectivity index (χ4n) is 0.873. The summed E-state index contributed by atoms with van der Waals surface area (Å²) in [6, 6.07) is 0. The fraction of sp³-hybridized carbons (Fsp3) is 0.750. The van der Waals surface area contributed by atoms with Crippen molar-refractivity contribution >= 4 is 7.12 Å². The van der Waals surface area contributed by atoms with Gasteiger partial charge in [0, 0.05) is 11.9 Å². The van der Waals surface area contributed by atoms with Crippen LogP contribution in [0.1, 0.15) is 27.7 Å². The first-order chi connectivity index (χ1) is 5.41. The number of nitrogens with two attached hydrogens (primary N) is 1. The molecule has 0 aliphatic carbocycles. The van der Waals surface area contributed by atoms with Gasteiger partial charge in [-0.25, -0.2) is 0 Å². The van der Waals surface area contributed by atoms with E-state index < -0.39 is 7.12 Å². The average Bonchev–Trinajstić information content (AvgIpc) is 1.97. The Hall–Kier alpha value is -0.475. The van der Waals surface area contributed by atoms with Crippen molar-refractivity contribution in [1.29, 1.82) is 0 Å². The molecule has 0 atom stereocenters. The first kappa shape index (κ1) is 11.5. The molecule has 0 saturated carbocycles. The van der Waals surface area contributed by atoms with Crippen molar-refractivity contribution in [1.82, 2.24) is 0 Å². The summed E-state index contributed by atoms with van der Waals surface area (Å²) in [5, 5.41) is 9.13. The lowest BCUT2D eigenvalue weighted by Gasteiger charge is -2.24. The normalized spacial score (nSPS) is 13.0. The van der Waals surface area contributed by atoms with Crippen molar-refractivity contribution in [3.63, 3.8) is 0 Å². The molecule has 0 rings (SSSR count). The second-order valence-electron chi connectivity index (χ2n) is 3.71. The number of allylic oxidation sites excluding steroid dienone is 2. The summed E-state index contributed by atoms with van der Waals surface area (Å²) in [4.78, 5) is 0. The van der Waals surface area contributed by atoms with E-state index in [1.807, 2.05) is 33.8 Å². The third-order valence-corrected chi connectivity index (χ3v) is 1.47. The molecule has 0 aromatic carbocycles. The van der Waals surface area contributed by atoms with Crippen molar-refractivity contribution in [2.24, 2.45) is 11.1 Å². The lowest BCUT2D eigenvalue weighted by Crippen LogP contribution is -2.31. The zero-order valence-corrected chi connectivity index (χ0v) is 8.29. The van der Waals surface area contributed by atoms with Crippen LogP contribution in [0.3, 0.4) is 0 Å². The average molecular weight is 171 g/mol. The fourth-order valence-corrected chi connectivity index (χ4v) is 0.873. The topological polar surface area (TPSA) is 55.5 Å². The quantitative estimate of drug-likeness (QED) is 0.490. The molecule has 0 aliphatic rings. The predicted octanol–water partition coefficient (Wildman–Crippen LogP) is 0.931. The molecule has 0 bridgehead atoms. The van der Waals surface area contributed by atoms with Gasteiger partial charge in [-0.05, 0) is 6.92 Å². The first-order valence-electron chi connectivity index (χ1n) is 4.13. The van der Waals surface area contributed by atoms with Crippen molar-refractivity contribution in [3.05, 3.63) is 11.8 Å². The van der Waals surface area contributed by atoms with Gasteiger partial charge in [0.05, 0.1) is 5.76 Å². The lowest BCUT2D eigenvalue weighted by molar-refractivity contribution is 0.253. The molecule has 0 saturated heterocycles.